The molecule has 1 atom stereocenters. The first kappa shape index (κ1) is 16.5. The topological polar surface area (TPSA) is 64.1 Å². The molecule has 130 valence electrons. The van der Waals surface area contributed by atoms with Crippen LogP contribution in [0.4, 0.5) is 0 Å². The van der Waals surface area contributed by atoms with Crippen LogP contribution in [-0.2, 0) is 11.2 Å². The van der Waals surface area contributed by atoms with Gasteiger partial charge in [-0.3, -0.25) is 14.8 Å². The summed E-state index contributed by atoms with van der Waals surface area (Å²) >= 11 is 1.60. The van der Waals surface area contributed by atoms with Crippen molar-refractivity contribution < 1.29 is 9.53 Å². The van der Waals surface area contributed by atoms with Gasteiger partial charge in [0.15, 0.2) is 0 Å². The second-order valence-electron chi connectivity index (χ2n) is 5.95. The van der Waals surface area contributed by atoms with Gasteiger partial charge in [-0.2, -0.15) is 0 Å². The van der Waals surface area contributed by atoms with Crippen LogP contribution in [-0.4, -0.2) is 28.5 Å². The predicted octanol–water partition coefficient (Wildman–Crippen LogP) is 3.34. The molecule has 26 heavy (non-hydrogen) atoms. The summed E-state index contributed by atoms with van der Waals surface area (Å²) in [5, 5.41) is 4.88. The Morgan fingerprint density at radius 3 is 3.12 bits per heavy atom. The van der Waals surface area contributed by atoms with Crippen molar-refractivity contribution in [2.45, 2.75) is 12.5 Å². The summed E-state index contributed by atoms with van der Waals surface area (Å²) in [6.45, 7) is 0.475. The molecular weight excluding hydrogens is 346 g/mol. The maximum absolute atomic E-state index is 11.9. The largest absolute Gasteiger partial charge is 0.488 e. The lowest BCUT2D eigenvalue weighted by atomic mass is 10.0. The third kappa shape index (κ3) is 3.81. The highest BCUT2D eigenvalue weighted by Crippen LogP contribution is 2.32. The summed E-state index contributed by atoms with van der Waals surface area (Å²) in [5.41, 5.74) is 2.98. The van der Waals surface area contributed by atoms with Gasteiger partial charge in [0.2, 0.25) is 5.91 Å². The number of thiophene rings is 1. The molecule has 1 N–H and O–H groups in total. The minimum absolute atomic E-state index is 0.0544. The number of hydrogen-bond donors (Lipinski definition) is 1. The molecule has 1 amide bonds. The quantitative estimate of drug-likeness (QED) is 0.706. The van der Waals surface area contributed by atoms with Crippen molar-refractivity contribution in [1.82, 2.24) is 15.3 Å². The zero-order chi connectivity index (χ0) is 17.8. The number of carbonyl (C=O) groups is 1. The highest BCUT2D eigenvalue weighted by atomic mass is 32.1. The molecule has 5 nitrogen and oxygen atoms in total. The lowest BCUT2D eigenvalue weighted by Crippen LogP contribution is -2.33. The van der Waals surface area contributed by atoms with Gasteiger partial charge in [-0.15, -0.1) is 11.3 Å². The Morgan fingerprint density at radius 2 is 2.31 bits per heavy atom. The van der Waals surface area contributed by atoms with Crippen molar-refractivity contribution >= 4 is 23.3 Å². The van der Waals surface area contributed by atoms with E-state index < -0.39 is 0 Å². The van der Waals surface area contributed by atoms with Crippen LogP contribution < -0.4 is 10.1 Å². The molecule has 3 heterocycles. The van der Waals surface area contributed by atoms with Crippen LogP contribution in [0.2, 0.25) is 0 Å². The van der Waals surface area contributed by atoms with Gasteiger partial charge in [0.25, 0.3) is 0 Å². The molecule has 2 aromatic heterocycles. The zero-order valence-electron chi connectivity index (χ0n) is 14.0. The van der Waals surface area contributed by atoms with Crippen LogP contribution in [0.5, 0.6) is 5.75 Å². The predicted molar refractivity (Wildman–Crippen MR) is 102 cm³/mol. The standard InChI is InChI=1S/C20H17N3O2S/c24-20(6-4-17-2-1-9-26-17)23-12-16-11-15-10-14(3-5-19(15)25-16)18-13-21-7-8-22-18/h1-10,13,16H,11-12H2,(H,23,24). The third-order valence-corrected chi connectivity index (χ3v) is 4.94. The lowest BCUT2D eigenvalue weighted by molar-refractivity contribution is -0.116. The van der Waals surface area contributed by atoms with Gasteiger partial charge in [-0.05, 0) is 41.3 Å². The van der Waals surface area contributed by atoms with Crippen molar-refractivity contribution in [2.24, 2.45) is 0 Å². The van der Waals surface area contributed by atoms with Gasteiger partial charge in [0.1, 0.15) is 11.9 Å². The van der Waals surface area contributed by atoms with Crippen molar-refractivity contribution in [3.05, 3.63) is 70.8 Å². The van der Waals surface area contributed by atoms with Crippen molar-refractivity contribution in [3.8, 4) is 17.0 Å². The van der Waals surface area contributed by atoms with Crippen LogP contribution in [0.3, 0.4) is 0 Å². The van der Waals surface area contributed by atoms with E-state index in [1.54, 1.807) is 36.0 Å². The second kappa shape index (κ2) is 7.49. The lowest BCUT2D eigenvalue weighted by Gasteiger charge is -2.10. The molecule has 0 bridgehead atoms. The highest BCUT2D eigenvalue weighted by Gasteiger charge is 2.23. The smallest absolute Gasteiger partial charge is 0.244 e. The molecule has 1 aliphatic heterocycles. The SMILES string of the molecule is O=C(C=Cc1cccs1)NCC1Cc2cc(-c3cnccn3)ccc2O1. The number of carbonyl (C=O) groups excluding carboxylic acids is 1. The van der Waals surface area contributed by atoms with E-state index in [0.717, 1.165) is 33.9 Å². The molecule has 0 saturated carbocycles. The molecule has 1 aromatic carbocycles. The second-order valence-corrected chi connectivity index (χ2v) is 6.93. The molecule has 0 spiro atoms. The number of amides is 1. The van der Waals surface area contributed by atoms with E-state index in [0.29, 0.717) is 6.54 Å². The first-order chi connectivity index (χ1) is 12.8. The van der Waals surface area contributed by atoms with Gasteiger partial charge in [0, 0.05) is 35.3 Å². The normalized spacial score (nSPS) is 15.6. The minimum Gasteiger partial charge on any atom is -0.488 e. The van der Waals surface area contributed by atoms with Gasteiger partial charge in [0.05, 0.1) is 18.4 Å². The Kier molecular flexibility index (Phi) is 4.75. The monoisotopic (exact) mass is 363 g/mol. The number of nitrogens with zero attached hydrogens (tertiary/aromatic N) is 2. The average molecular weight is 363 g/mol. The number of hydrogen-bond acceptors (Lipinski definition) is 5. The zero-order valence-corrected chi connectivity index (χ0v) is 14.8. The van der Waals surface area contributed by atoms with Gasteiger partial charge < -0.3 is 10.1 Å². The number of rotatable bonds is 5. The minimum atomic E-state index is -0.113. The van der Waals surface area contributed by atoms with Crippen LogP contribution in [0.25, 0.3) is 17.3 Å². The molecule has 3 aromatic rings. The van der Waals surface area contributed by atoms with E-state index in [2.05, 4.69) is 21.4 Å². The molecule has 1 aliphatic rings. The fourth-order valence-corrected chi connectivity index (χ4v) is 3.48. The maximum Gasteiger partial charge on any atom is 0.244 e. The summed E-state index contributed by atoms with van der Waals surface area (Å²) in [4.78, 5) is 21.4. The van der Waals surface area contributed by atoms with Crippen LogP contribution in [0.15, 0.2) is 60.4 Å². The van der Waals surface area contributed by atoms with E-state index in [1.165, 1.54) is 0 Å². The van der Waals surface area contributed by atoms with Gasteiger partial charge >= 0.3 is 0 Å². The summed E-state index contributed by atoms with van der Waals surface area (Å²) in [5.74, 6) is 0.754. The Hall–Kier alpha value is -2.99. The van der Waals surface area contributed by atoms with Crippen molar-refractivity contribution in [1.29, 1.82) is 0 Å². The number of aromatic nitrogens is 2. The molecule has 0 aliphatic carbocycles. The molecule has 0 radical (unpaired) electrons. The maximum atomic E-state index is 11.9. The van der Waals surface area contributed by atoms with E-state index in [-0.39, 0.29) is 12.0 Å². The Balaban J connectivity index is 1.34. The molecular formula is C20H17N3O2S. The van der Waals surface area contributed by atoms with Crippen LogP contribution in [0, 0.1) is 0 Å². The first-order valence-corrected chi connectivity index (χ1v) is 9.21. The number of benzene rings is 1. The van der Waals surface area contributed by atoms with E-state index >= 15 is 0 Å². The summed E-state index contributed by atoms with van der Waals surface area (Å²) in [6, 6.07) is 9.95. The average Bonchev–Trinajstić information content (AvgIpc) is 3.34. The Labute approximate surface area is 155 Å². The molecule has 6 heteroatoms. The fraction of sp³-hybridized carbons (Fsp3) is 0.150. The number of nitrogens with one attached hydrogen (secondary N) is 1. The summed E-state index contributed by atoms with van der Waals surface area (Å²) in [7, 11) is 0. The molecule has 4 rings (SSSR count). The highest BCUT2D eigenvalue weighted by molar-refractivity contribution is 7.10. The number of fused-ring (bicyclic) bond motifs is 1. The molecule has 0 fully saturated rings. The van der Waals surface area contributed by atoms with Crippen molar-refractivity contribution in [3.63, 3.8) is 0 Å². The summed E-state index contributed by atoms with van der Waals surface area (Å²) in [6.07, 6.45) is 9.17. The summed E-state index contributed by atoms with van der Waals surface area (Å²) < 4.78 is 5.93. The van der Waals surface area contributed by atoms with Crippen LogP contribution in [0.1, 0.15) is 10.4 Å². The van der Waals surface area contributed by atoms with E-state index in [1.807, 2.05) is 35.7 Å². The first-order valence-electron chi connectivity index (χ1n) is 8.33. The third-order valence-electron chi connectivity index (χ3n) is 4.11. The van der Waals surface area contributed by atoms with Gasteiger partial charge in [-0.1, -0.05) is 6.07 Å². The van der Waals surface area contributed by atoms with Crippen molar-refractivity contribution in [2.75, 3.05) is 6.54 Å². The van der Waals surface area contributed by atoms with E-state index in [4.69, 9.17) is 4.74 Å². The molecule has 0 saturated heterocycles. The Bertz CT molecular complexity index is 923. The number of ether oxygens (including phenoxy) is 1. The van der Waals surface area contributed by atoms with Crippen LogP contribution >= 0.6 is 11.3 Å². The Morgan fingerprint density at radius 1 is 1.35 bits per heavy atom. The fourth-order valence-electron chi connectivity index (χ4n) is 2.86. The van der Waals surface area contributed by atoms with Gasteiger partial charge in [-0.25, -0.2) is 0 Å². The molecule has 1 unspecified atom stereocenters. The van der Waals surface area contributed by atoms with E-state index in [9.17, 15) is 4.79 Å².